The van der Waals surface area contributed by atoms with Crippen molar-refractivity contribution in [2.24, 2.45) is 10.9 Å². The van der Waals surface area contributed by atoms with Crippen LogP contribution in [0.1, 0.15) is 67.4 Å². The molecule has 5 nitrogen and oxygen atoms in total. The molecule has 2 heterocycles. The smallest absolute Gasteiger partial charge is 0.320 e. The van der Waals surface area contributed by atoms with Gasteiger partial charge in [-0.25, -0.2) is 0 Å². The van der Waals surface area contributed by atoms with Crippen molar-refractivity contribution in [1.82, 2.24) is 4.57 Å². The first-order valence-electron chi connectivity index (χ1n) is 10.5. The minimum absolute atomic E-state index is 0.0777. The van der Waals surface area contributed by atoms with Gasteiger partial charge in [0.15, 0.2) is 0 Å². The Bertz CT molecular complexity index is 906. The van der Waals surface area contributed by atoms with E-state index in [4.69, 9.17) is 4.74 Å². The number of hydrogen-bond acceptors (Lipinski definition) is 4. The Kier molecular flexibility index (Phi) is 5.60. The lowest BCUT2D eigenvalue weighted by atomic mass is 9.99. The maximum absolute atomic E-state index is 13.4. The van der Waals surface area contributed by atoms with E-state index in [2.05, 4.69) is 4.99 Å². The highest BCUT2D eigenvalue weighted by atomic mass is 16.5. The summed E-state index contributed by atoms with van der Waals surface area (Å²) in [6.45, 7) is 2.73. The Morgan fingerprint density at radius 1 is 1.21 bits per heavy atom. The third-order valence-electron chi connectivity index (χ3n) is 6.09. The largest absolute Gasteiger partial charge is 0.465 e. The lowest BCUT2D eigenvalue weighted by Gasteiger charge is -2.16. The number of carbonyl (C=O) groups excluding carboxylic acids is 2. The highest BCUT2D eigenvalue weighted by Gasteiger charge is 2.32. The standard InChI is InChI=1S/C23H28N2O3/c1-2-28-23(27)19-15-24-14-13-18-17-9-5-6-10-20(17)25(22(18)19)21(26)12-11-16-7-3-4-8-16/h5-6,9-10,15-16,19H,2-4,7-8,11-14H2,1H3. The van der Waals surface area contributed by atoms with E-state index in [0.717, 1.165) is 35.0 Å². The summed E-state index contributed by atoms with van der Waals surface area (Å²) in [6.07, 6.45) is 8.87. The molecule has 2 aliphatic rings. The number of carbonyl (C=O) groups is 2. The molecule has 148 valence electrons. The summed E-state index contributed by atoms with van der Waals surface area (Å²) in [5, 5.41) is 1.05. The second kappa shape index (κ2) is 8.29. The predicted molar refractivity (Wildman–Crippen MR) is 110 cm³/mol. The van der Waals surface area contributed by atoms with Crippen LogP contribution >= 0.6 is 0 Å². The topological polar surface area (TPSA) is 60.7 Å². The molecular formula is C23H28N2O3. The molecule has 1 aliphatic heterocycles. The van der Waals surface area contributed by atoms with Crippen molar-refractivity contribution in [2.45, 2.75) is 57.8 Å². The number of aliphatic imine (C=N–C) groups is 1. The van der Waals surface area contributed by atoms with Gasteiger partial charge in [0, 0.05) is 30.3 Å². The fourth-order valence-electron chi connectivity index (χ4n) is 4.75. The molecule has 0 spiro atoms. The van der Waals surface area contributed by atoms with Gasteiger partial charge in [0.1, 0.15) is 5.92 Å². The van der Waals surface area contributed by atoms with Crippen molar-refractivity contribution in [3.8, 4) is 0 Å². The minimum Gasteiger partial charge on any atom is -0.465 e. The van der Waals surface area contributed by atoms with Crippen molar-refractivity contribution in [3.63, 3.8) is 0 Å². The molecule has 1 atom stereocenters. The number of benzene rings is 1. The first kappa shape index (κ1) is 18.9. The normalized spacial score (nSPS) is 19.5. The van der Waals surface area contributed by atoms with Crippen molar-refractivity contribution in [3.05, 3.63) is 35.5 Å². The van der Waals surface area contributed by atoms with Crippen LogP contribution in [0.3, 0.4) is 0 Å². The molecule has 1 aromatic heterocycles. The summed E-state index contributed by atoms with van der Waals surface area (Å²) in [6, 6.07) is 7.97. The van der Waals surface area contributed by atoms with Gasteiger partial charge in [-0.15, -0.1) is 0 Å². The zero-order chi connectivity index (χ0) is 19.5. The van der Waals surface area contributed by atoms with Gasteiger partial charge in [-0.1, -0.05) is 43.9 Å². The molecule has 4 rings (SSSR count). The molecule has 1 unspecified atom stereocenters. The van der Waals surface area contributed by atoms with E-state index in [1.54, 1.807) is 17.7 Å². The van der Waals surface area contributed by atoms with Crippen molar-refractivity contribution < 1.29 is 14.3 Å². The molecule has 0 saturated heterocycles. The Morgan fingerprint density at radius 3 is 2.79 bits per heavy atom. The molecule has 1 aliphatic carbocycles. The van der Waals surface area contributed by atoms with Gasteiger partial charge < -0.3 is 4.74 Å². The highest BCUT2D eigenvalue weighted by molar-refractivity contribution is 6.03. The van der Waals surface area contributed by atoms with Crippen LogP contribution in [0.5, 0.6) is 0 Å². The van der Waals surface area contributed by atoms with Crippen LogP contribution in [0.25, 0.3) is 10.9 Å². The Hall–Kier alpha value is -2.43. The number of ether oxygens (including phenoxy) is 1. The highest BCUT2D eigenvalue weighted by Crippen LogP contribution is 2.35. The van der Waals surface area contributed by atoms with Crippen LogP contribution < -0.4 is 0 Å². The monoisotopic (exact) mass is 380 g/mol. The van der Waals surface area contributed by atoms with Crippen molar-refractivity contribution in [2.75, 3.05) is 13.2 Å². The Balaban J connectivity index is 1.77. The molecule has 1 fully saturated rings. The van der Waals surface area contributed by atoms with Crippen LogP contribution in [-0.4, -0.2) is 35.8 Å². The van der Waals surface area contributed by atoms with E-state index in [0.29, 0.717) is 25.5 Å². The number of esters is 1. The fourth-order valence-corrected chi connectivity index (χ4v) is 4.75. The summed E-state index contributed by atoms with van der Waals surface area (Å²) in [4.78, 5) is 30.5. The molecule has 0 bridgehead atoms. The zero-order valence-electron chi connectivity index (χ0n) is 16.5. The molecular weight excluding hydrogens is 352 g/mol. The van der Waals surface area contributed by atoms with Gasteiger partial charge >= 0.3 is 5.97 Å². The third-order valence-corrected chi connectivity index (χ3v) is 6.09. The zero-order valence-corrected chi connectivity index (χ0v) is 16.5. The molecule has 2 aromatic rings. The van der Waals surface area contributed by atoms with Crippen LogP contribution in [0, 0.1) is 5.92 Å². The first-order chi connectivity index (χ1) is 13.7. The van der Waals surface area contributed by atoms with Gasteiger partial charge in [0.2, 0.25) is 5.91 Å². The quantitative estimate of drug-likeness (QED) is 0.716. The molecule has 1 aromatic carbocycles. The summed E-state index contributed by atoms with van der Waals surface area (Å²) < 4.78 is 7.10. The summed E-state index contributed by atoms with van der Waals surface area (Å²) in [7, 11) is 0. The number of aromatic nitrogens is 1. The van der Waals surface area contributed by atoms with Crippen LogP contribution in [0.15, 0.2) is 29.3 Å². The molecule has 28 heavy (non-hydrogen) atoms. The predicted octanol–water partition coefficient (Wildman–Crippen LogP) is 4.53. The van der Waals surface area contributed by atoms with E-state index in [-0.39, 0.29) is 11.9 Å². The fraction of sp³-hybridized carbons (Fsp3) is 0.522. The minimum atomic E-state index is -0.625. The average molecular weight is 380 g/mol. The first-order valence-corrected chi connectivity index (χ1v) is 10.5. The lowest BCUT2D eigenvalue weighted by Crippen LogP contribution is -2.24. The van der Waals surface area contributed by atoms with Gasteiger partial charge in [-0.2, -0.15) is 0 Å². The van der Waals surface area contributed by atoms with E-state index in [9.17, 15) is 9.59 Å². The SMILES string of the molecule is CCOC(=O)C1C=NCCc2c1n(C(=O)CCC1CCCC1)c1ccccc21. The molecule has 0 amide bonds. The molecule has 5 heteroatoms. The molecule has 0 N–H and O–H groups in total. The van der Waals surface area contributed by atoms with E-state index < -0.39 is 5.92 Å². The maximum atomic E-state index is 13.4. The van der Waals surface area contributed by atoms with Crippen LogP contribution in [0.4, 0.5) is 0 Å². The number of para-hydroxylation sites is 1. The molecule has 1 saturated carbocycles. The third kappa shape index (κ3) is 3.50. The van der Waals surface area contributed by atoms with Gasteiger partial charge in [-0.05, 0) is 37.3 Å². The number of hydrogen-bond donors (Lipinski definition) is 0. The second-order valence-electron chi connectivity index (χ2n) is 7.83. The number of fused-ring (bicyclic) bond motifs is 3. The average Bonchev–Trinajstić information content (AvgIpc) is 3.27. The van der Waals surface area contributed by atoms with Crippen LogP contribution in [-0.2, 0) is 16.0 Å². The number of rotatable bonds is 5. The van der Waals surface area contributed by atoms with Crippen molar-refractivity contribution in [1.29, 1.82) is 0 Å². The maximum Gasteiger partial charge on any atom is 0.320 e. The van der Waals surface area contributed by atoms with Gasteiger partial charge in [-0.3, -0.25) is 19.1 Å². The van der Waals surface area contributed by atoms with Gasteiger partial charge in [0.05, 0.1) is 12.1 Å². The number of nitrogens with zero attached hydrogens (tertiary/aromatic N) is 2. The Morgan fingerprint density at radius 2 is 2.00 bits per heavy atom. The molecule has 0 radical (unpaired) electrons. The lowest BCUT2D eigenvalue weighted by molar-refractivity contribution is -0.143. The summed E-state index contributed by atoms with van der Waals surface area (Å²) >= 11 is 0. The van der Waals surface area contributed by atoms with E-state index in [1.165, 1.54) is 25.7 Å². The Labute approximate surface area is 165 Å². The van der Waals surface area contributed by atoms with E-state index >= 15 is 0 Å². The van der Waals surface area contributed by atoms with Crippen molar-refractivity contribution >= 4 is 29.0 Å². The second-order valence-corrected chi connectivity index (χ2v) is 7.83. The van der Waals surface area contributed by atoms with E-state index in [1.807, 2.05) is 24.3 Å². The van der Waals surface area contributed by atoms with Gasteiger partial charge in [0.25, 0.3) is 0 Å². The summed E-state index contributed by atoms with van der Waals surface area (Å²) in [5.74, 6) is -0.219. The van der Waals surface area contributed by atoms with Crippen LogP contribution in [0.2, 0.25) is 0 Å². The summed E-state index contributed by atoms with van der Waals surface area (Å²) in [5.41, 5.74) is 2.71.